The van der Waals surface area contributed by atoms with Crippen molar-refractivity contribution in [2.24, 2.45) is 5.73 Å². The molecular formula is C51H39N3OS. The first kappa shape index (κ1) is 35.9. The van der Waals surface area contributed by atoms with Crippen molar-refractivity contribution in [1.82, 2.24) is 0 Å². The van der Waals surface area contributed by atoms with Crippen molar-refractivity contribution in [3.63, 3.8) is 0 Å². The molecule has 0 aliphatic carbocycles. The number of thiophene rings is 1. The monoisotopic (exact) mass is 741 g/mol. The maximum Gasteiger partial charge on any atom is 0.135 e. The number of hydrogen-bond acceptors (Lipinski definition) is 4. The normalized spacial score (nSPS) is 10.8. The van der Waals surface area contributed by atoms with Gasteiger partial charge in [-0.05, 0) is 76.2 Å². The smallest absolute Gasteiger partial charge is 0.135 e. The van der Waals surface area contributed by atoms with Crippen LogP contribution in [0.25, 0.3) is 75.5 Å². The third-order valence-corrected chi connectivity index (χ3v) is 11.0. The van der Waals surface area contributed by atoms with Gasteiger partial charge in [-0.2, -0.15) is 0 Å². The summed E-state index contributed by atoms with van der Waals surface area (Å²) in [5, 5.41) is 19.6. The van der Waals surface area contributed by atoms with Gasteiger partial charge in [-0.25, -0.2) is 0 Å². The van der Waals surface area contributed by atoms with Crippen LogP contribution >= 0.6 is 11.3 Å². The van der Waals surface area contributed by atoms with Crippen molar-refractivity contribution >= 4 is 65.5 Å². The molecule has 0 aliphatic heterocycles. The summed E-state index contributed by atoms with van der Waals surface area (Å²) in [5.41, 5.74) is 17.4. The highest BCUT2D eigenvalue weighted by Crippen LogP contribution is 2.38. The molecule has 0 fully saturated rings. The van der Waals surface area contributed by atoms with Crippen LogP contribution in [0.4, 0.5) is 0 Å². The summed E-state index contributed by atoms with van der Waals surface area (Å²) >= 11 is 1.79. The van der Waals surface area contributed by atoms with Gasteiger partial charge < -0.3 is 15.6 Å². The van der Waals surface area contributed by atoms with Crippen molar-refractivity contribution in [1.29, 1.82) is 10.8 Å². The predicted molar refractivity (Wildman–Crippen MR) is 239 cm³/mol. The van der Waals surface area contributed by atoms with E-state index in [-0.39, 0.29) is 5.84 Å². The van der Waals surface area contributed by atoms with E-state index in [0.29, 0.717) is 0 Å². The molecule has 0 radical (unpaired) electrons. The minimum atomic E-state index is 0.121. The number of amidine groups is 1. The summed E-state index contributed by atoms with van der Waals surface area (Å²) in [6, 6.07) is 64.6. The Morgan fingerprint density at radius 1 is 0.500 bits per heavy atom. The first-order valence-electron chi connectivity index (χ1n) is 18.4. The summed E-state index contributed by atoms with van der Waals surface area (Å²) in [6.45, 7) is 2.08. The van der Waals surface area contributed by atoms with Gasteiger partial charge in [0.15, 0.2) is 0 Å². The molecule has 10 rings (SSSR count). The molecule has 10 aromatic rings. The molecule has 0 amide bonds. The highest BCUT2D eigenvalue weighted by Gasteiger charge is 2.10. The van der Waals surface area contributed by atoms with E-state index in [4.69, 9.17) is 21.0 Å². The Morgan fingerprint density at radius 2 is 1.05 bits per heavy atom. The molecule has 2 aromatic heterocycles. The second-order valence-electron chi connectivity index (χ2n) is 13.6. The molecule has 0 bridgehead atoms. The number of furan rings is 1. The van der Waals surface area contributed by atoms with Crippen LogP contribution in [-0.4, -0.2) is 12.1 Å². The third-order valence-electron chi connectivity index (χ3n) is 9.85. The Balaban J connectivity index is 0.000000156. The van der Waals surface area contributed by atoms with Crippen molar-refractivity contribution < 1.29 is 4.42 Å². The average molecular weight is 742 g/mol. The van der Waals surface area contributed by atoms with E-state index in [1.807, 2.05) is 66.7 Å². The second kappa shape index (κ2) is 16.1. The van der Waals surface area contributed by atoms with Crippen molar-refractivity contribution in [2.75, 3.05) is 0 Å². The Labute approximate surface area is 330 Å². The van der Waals surface area contributed by atoms with Crippen LogP contribution in [0.15, 0.2) is 192 Å². The van der Waals surface area contributed by atoms with E-state index >= 15 is 0 Å². The van der Waals surface area contributed by atoms with Gasteiger partial charge >= 0.3 is 0 Å². The molecule has 0 aliphatic rings. The van der Waals surface area contributed by atoms with Crippen LogP contribution in [0.5, 0.6) is 0 Å². The molecule has 4 nitrogen and oxygen atoms in total. The van der Waals surface area contributed by atoms with Gasteiger partial charge in [0, 0.05) is 48.3 Å². The predicted octanol–water partition coefficient (Wildman–Crippen LogP) is 13.9. The largest absolute Gasteiger partial charge is 0.456 e. The fourth-order valence-corrected chi connectivity index (χ4v) is 8.07. The lowest BCUT2D eigenvalue weighted by Crippen LogP contribution is -2.10. The molecule has 4 N–H and O–H groups in total. The van der Waals surface area contributed by atoms with Gasteiger partial charge in [0.2, 0.25) is 0 Å². The second-order valence-corrected chi connectivity index (χ2v) is 14.7. The molecular weight excluding hydrogens is 703 g/mol. The van der Waals surface area contributed by atoms with E-state index in [0.717, 1.165) is 22.3 Å². The van der Waals surface area contributed by atoms with Crippen molar-refractivity contribution in [3.05, 3.63) is 205 Å². The summed E-state index contributed by atoms with van der Waals surface area (Å²) in [6.07, 6.45) is 1.46. The maximum absolute atomic E-state index is 7.80. The minimum Gasteiger partial charge on any atom is -0.456 e. The van der Waals surface area contributed by atoms with Gasteiger partial charge in [0.1, 0.15) is 17.0 Å². The SMILES string of the molecule is Cc1ccc2c(c1)oc1ccccc12.N=C(N)c1ccccc1.N=Cc1cccc2sc3ccc(-c4ccc(-c5ccc(-c6ccccc6)cc5)cc4)cc3c12. The van der Waals surface area contributed by atoms with E-state index in [1.165, 1.54) is 76.1 Å². The van der Waals surface area contributed by atoms with Crippen molar-refractivity contribution in [2.45, 2.75) is 6.92 Å². The van der Waals surface area contributed by atoms with Crippen LogP contribution in [0.1, 0.15) is 16.7 Å². The Kier molecular flexibility index (Phi) is 10.3. The number of para-hydroxylation sites is 1. The zero-order chi connectivity index (χ0) is 38.4. The lowest BCUT2D eigenvalue weighted by molar-refractivity contribution is 0.668. The number of fused-ring (bicyclic) bond motifs is 6. The molecule has 0 atom stereocenters. The number of rotatable bonds is 5. The summed E-state index contributed by atoms with van der Waals surface area (Å²) in [7, 11) is 0. The molecule has 56 heavy (non-hydrogen) atoms. The van der Waals surface area contributed by atoms with Crippen LogP contribution in [0.2, 0.25) is 0 Å². The highest BCUT2D eigenvalue weighted by molar-refractivity contribution is 7.25. The van der Waals surface area contributed by atoms with Gasteiger partial charge in [0.25, 0.3) is 0 Å². The van der Waals surface area contributed by atoms with Crippen molar-refractivity contribution in [3.8, 4) is 33.4 Å². The molecule has 2 heterocycles. The van der Waals surface area contributed by atoms with E-state index in [1.54, 1.807) is 11.3 Å². The molecule has 5 heteroatoms. The summed E-state index contributed by atoms with van der Waals surface area (Å²) in [4.78, 5) is 0. The molecule has 8 aromatic carbocycles. The van der Waals surface area contributed by atoms with E-state index < -0.39 is 0 Å². The van der Waals surface area contributed by atoms with Crippen LogP contribution in [0.3, 0.4) is 0 Å². The summed E-state index contributed by atoms with van der Waals surface area (Å²) in [5.74, 6) is 0.121. The zero-order valence-electron chi connectivity index (χ0n) is 30.9. The number of hydrogen-bond donors (Lipinski definition) is 3. The minimum absolute atomic E-state index is 0.121. The number of nitrogens with one attached hydrogen (secondary N) is 2. The molecule has 0 spiro atoms. The van der Waals surface area contributed by atoms with Gasteiger partial charge in [0.05, 0.1) is 0 Å². The quantitative estimate of drug-likeness (QED) is 0.121. The lowest BCUT2D eigenvalue weighted by Gasteiger charge is -2.07. The van der Waals surface area contributed by atoms with Gasteiger partial charge in [-0.15, -0.1) is 11.3 Å². The van der Waals surface area contributed by atoms with Crippen LogP contribution in [-0.2, 0) is 0 Å². The first-order valence-corrected chi connectivity index (χ1v) is 19.3. The number of benzene rings is 8. The standard InChI is InChI=1S/C31H21NS.C13H10O.C7H8N2/c32-20-27-7-4-8-30-31(27)28-19-26(17-18-29(28)33-30)25-15-13-24(14-16-25)23-11-9-22(10-12-23)21-5-2-1-3-6-21;1-9-6-7-11-10-4-2-3-5-12(10)14-13(11)8-9;8-7(9)6-4-2-1-3-5-6/h1-20,32H;2-8H,1H3;1-5H,(H3,8,9). The lowest BCUT2D eigenvalue weighted by atomic mass is 9.97. The summed E-state index contributed by atoms with van der Waals surface area (Å²) < 4.78 is 8.23. The fourth-order valence-electron chi connectivity index (χ4n) is 6.95. The van der Waals surface area contributed by atoms with Gasteiger partial charge in [-0.3, -0.25) is 5.41 Å². The number of aryl methyl sites for hydroxylation is 1. The zero-order valence-corrected chi connectivity index (χ0v) is 31.7. The first-order chi connectivity index (χ1) is 27.4. The molecule has 0 unspecified atom stereocenters. The molecule has 0 saturated heterocycles. The van der Waals surface area contributed by atoms with E-state index in [9.17, 15) is 0 Å². The molecule has 270 valence electrons. The Morgan fingerprint density at radius 3 is 1.68 bits per heavy atom. The average Bonchev–Trinajstić information content (AvgIpc) is 3.82. The van der Waals surface area contributed by atoms with E-state index in [2.05, 4.69) is 128 Å². The highest BCUT2D eigenvalue weighted by atomic mass is 32.1. The topological polar surface area (TPSA) is 86.9 Å². The van der Waals surface area contributed by atoms with Crippen LogP contribution in [0, 0.1) is 17.7 Å². The Hall–Kier alpha value is -7.08. The molecule has 0 saturated carbocycles. The number of nitrogens with two attached hydrogens (primary N) is 1. The number of nitrogen functional groups attached to an aromatic ring is 1. The van der Waals surface area contributed by atoms with Gasteiger partial charge in [-0.1, -0.05) is 158 Å². The third kappa shape index (κ3) is 7.62. The maximum atomic E-state index is 7.80. The van der Waals surface area contributed by atoms with Crippen LogP contribution < -0.4 is 5.73 Å². The Bertz CT molecular complexity index is 2950. The fraction of sp³-hybridized carbons (Fsp3) is 0.0196.